The fourth-order valence-corrected chi connectivity index (χ4v) is 1.17. The third-order valence-corrected chi connectivity index (χ3v) is 2.00. The highest BCUT2D eigenvalue weighted by Crippen LogP contribution is 2.15. The number of carbonyl (C=O) groups is 2. The molecule has 14 heavy (non-hydrogen) atoms. The van der Waals surface area contributed by atoms with Crippen LogP contribution in [0.15, 0.2) is 24.3 Å². The van der Waals surface area contributed by atoms with Crippen molar-refractivity contribution >= 4 is 28.4 Å². The summed E-state index contributed by atoms with van der Waals surface area (Å²) >= 11 is 5.02. The molecule has 0 unspecified atom stereocenters. The molecule has 1 rings (SSSR count). The van der Waals surface area contributed by atoms with Gasteiger partial charge in [-0.3, -0.25) is 9.59 Å². The Balaban J connectivity index is 2.85. The van der Waals surface area contributed by atoms with E-state index in [1.165, 1.54) is 0 Å². The largest absolute Gasteiger partial charge is 0.318 e. The van der Waals surface area contributed by atoms with Crippen LogP contribution in [0.4, 0.5) is 5.69 Å². The minimum atomic E-state index is -1.00. The first-order chi connectivity index (χ1) is 6.65. The maximum absolute atomic E-state index is 11.0. The van der Waals surface area contributed by atoms with Crippen molar-refractivity contribution in [2.75, 3.05) is 5.32 Å². The molecule has 0 aliphatic rings. The lowest BCUT2D eigenvalue weighted by molar-refractivity contribution is -0.130. The van der Waals surface area contributed by atoms with Crippen LogP contribution in [0.3, 0.4) is 0 Å². The molecule has 0 aromatic heterocycles. The van der Waals surface area contributed by atoms with E-state index in [9.17, 15) is 9.59 Å². The Hall–Kier alpha value is -1.35. The van der Waals surface area contributed by atoms with Crippen molar-refractivity contribution in [3.8, 4) is 0 Å². The van der Waals surface area contributed by atoms with Gasteiger partial charge < -0.3 is 5.32 Å². The number of rotatable bonds is 3. The Morgan fingerprint density at radius 3 is 2.57 bits per heavy atom. The van der Waals surface area contributed by atoms with Gasteiger partial charge in [0.15, 0.2) is 0 Å². The summed E-state index contributed by atoms with van der Waals surface area (Å²) < 4.78 is 0. The van der Waals surface area contributed by atoms with Crippen LogP contribution in [0.1, 0.15) is 12.5 Å². The molecule has 3 nitrogen and oxygen atoms in total. The molecule has 0 aliphatic heterocycles. The molecule has 0 radical (unpaired) electrons. The zero-order valence-electron chi connectivity index (χ0n) is 7.71. The second-order valence-corrected chi connectivity index (χ2v) is 3.08. The van der Waals surface area contributed by atoms with Crippen molar-refractivity contribution in [2.45, 2.75) is 13.3 Å². The molecule has 0 atom stereocenters. The number of aryl methyl sites for hydroxylation is 1. The summed E-state index contributed by atoms with van der Waals surface area (Å²) in [5, 5.41) is 1.44. The van der Waals surface area contributed by atoms with Crippen molar-refractivity contribution in [2.24, 2.45) is 0 Å². The van der Waals surface area contributed by atoms with E-state index in [2.05, 4.69) is 5.32 Å². The fourth-order valence-electron chi connectivity index (χ4n) is 1.12. The Bertz CT molecular complexity index is 363. The van der Waals surface area contributed by atoms with Gasteiger partial charge in [-0.2, -0.15) is 0 Å². The van der Waals surface area contributed by atoms with Crippen LogP contribution in [0.25, 0.3) is 0 Å². The highest BCUT2D eigenvalue weighted by molar-refractivity contribution is 6.82. The molecular formula is C10H10ClNO2. The molecule has 74 valence electrons. The van der Waals surface area contributed by atoms with E-state index in [0.717, 1.165) is 12.0 Å². The van der Waals surface area contributed by atoms with E-state index in [-0.39, 0.29) is 0 Å². The number of anilines is 1. The van der Waals surface area contributed by atoms with E-state index in [4.69, 9.17) is 11.6 Å². The minimum Gasteiger partial charge on any atom is -0.318 e. The quantitative estimate of drug-likeness (QED) is 0.614. The number of hydrogen-bond donors (Lipinski definition) is 1. The van der Waals surface area contributed by atoms with Crippen LogP contribution in [-0.4, -0.2) is 11.1 Å². The van der Waals surface area contributed by atoms with Crippen molar-refractivity contribution in [3.05, 3.63) is 29.8 Å². The van der Waals surface area contributed by atoms with E-state index < -0.39 is 11.1 Å². The van der Waals surface area contributed by atoms with Gasteiger partial charge in [-0.25, -0.2) is 0 Å². The molecule has 0 aliphatic carbocycles. The molecule has 1 N–H and O–H groups in total. The normalized spacial score (nSPS) is 9.57. The van der Waals surface area contributed by atoms with E-state index >= 15 is 0 Å². The van der Waals surface area contributed by atoms with Gasteiger partial charge in [-0.1, -0.05) is 25.1 Å². The van der Waals surface area contributed by atoms with Crippen molar-refractivity contribution in [3.63, 3.8) is 0 Å². The topological polar surface area (TPSA) is 46.2 Å². The first kappa shape index (κ1) is 10.7. The van der Waals surface area contributed by atoms with Crippen molar-refractivity contribution in [1.82, 2.24) is 0 Å². The van der Waals surface area contributed by atoms with E-state index in [1.54, 1.807) is 12.1 Å². The SMILES string of the molecule is CCc1ccccc1NC(=O)C(=O)Cl. The van der Waals surface area contributed by atoms with Crippen LogP contribution in [-0.2, 0) is 16.0 Å². The van der Waals surface area contributed by atoms with Crippen LogP contribution in [0.5, 0.6) is 0 Å². The average Bonchev–Trinajstić information content (AvgIpc) is 2.18. The van der Waals surface area contributed by atoms with Gasteiger partial charge in [0.1, 0.15) is 0 Å². The number of hydrogen-bond acceptors (Lipinski definition) is 2. The van der Waals surface area contributed by atoms with Gasteiger partial charge in [0.05, 0.1) is 0 Å². The monoisotopic (exact) mass is 211 g/mol. The maximum Gasteiger partial charge on any atom is 0.310 e. The van der Waals surface area contributed by atoms with Gasteiger partial charge in [0.25, 0.3) is 0 Å². The average molecular weight is 212 g/mol. The van der Waals surface area contributed by atoms with Gasteiger partial charge in [-0.05, 0) is 29.7 Å². The number of amides is 1. The van der Waals surface area contributed by atoms with Gasteiger partial charge in [0, 0.05) is 5.69 Å². The highest BCUT2D eigenvalue weighted by atomic mass is 35.5. The minimum absolute atomic E-state index is 0.633. The first-order valence-corrected chi connectivity index (χ1v) is 4.61. The molecule has 0 fully saturated rings. The molecule has 1 aromatic rings. The second kappa shape index (κ2) is 4.77. The van der Waals surface area contributed by atoms with Gasteiger partial charge >= 0.3 is 11.1 Å². The van der Waals surface area contributed by atoms with Crippen molar-refractivity contribution < 1.29 is 9.59 Å². The smallest absolute Gasteiger partial charge is 0.310 e. The summed E-state index contributed by atoms with van der Waals surface area (Å²) in [6.07, 6.45) is 0.785. The lowest BCUT2D eigenvalue weighted by Gasteiger charge is -2.06. The molecule has 1 aromatic carbocycles. The summed E-state index contributed by atoms with van der Waals surface area (Å²) in [5.41, 5.74) is 1.60. The zero-order valence-corrected chi connectivity index (χ0v) is 8.47. The number of halogens is 1. The third kappa shape index (κ3) is 2.57. The fraction of sp³-hybridized carbons (Fsp3) is 0.200. The Morgan fingerprint density at radius 2 is 2.00 bits per heavy atom. The zero-order chi connectivity index (χ0) is 10.6. The predicted molar refractivity (Wildman–Crippen MR) is 55.3 cm³/mol. The molecule has 0 spiro atoms. The lowest BCUT2D eigenvalue weighted by Crippen LogP contribution is -2.18. The van der Waals surface area contributed by atoms with E-state index in [0.29, 0.717) is 5.69 Å². The van der Waals surface area contributed by atoms with E-state index in [1.807, 2.05) is 19.1 Å². The van der Waals surface area contributed by atoms with Crippen LogP contribution in [0, 0.1) is 0 Å². The molecule has 0 saturated heterocycles. The molecule has 1 amide bonds. The Morgan fingerprint density at radius 1 is 1.36 bits per heavy atom. The first-order valence-electron chi connectivity index (χ1n) is 4.24. The summed E-state index contributed by atoms with van der Waals surface area (Å²) in [5.74, 6) is -0.799. The third-order valence-electron chi connectivity index (χ3n) is 1.82. The molecule has 4 heteroatoms. The van der Waals surface area contributed by atoms with Gasteiger partial charge in [-0.15, -0.1) is 0 Å². The second-order valence-electron chi connectivity index (χ2n) is 2.74. The van der Waals surface area contributed by atoms with Crippen LogP contribution in [0.2, 0.25) is 0 Å². The standard InChI is InChI=1S/C10H10ClNO2/c1-2-7-5-3-4-6-8(7)12-10(14)9(11)13/h3-6H,2H2,1H3,(H,12,14). The summed E-state index contributed by atoms with van der Waals surface area (Å²) in [6, 6.07) is 7.27. The Kier molecular flexibility index (Phi) is 3.65. The van der Waals surface area contributed by atoms with Gasteiger partial charge in [0.2, 0.25) is 0 Å². The van der Waals surface area contributed by atoms with Crippen molar-refractivity contribution in [1.29, 1.82) is 0 Å². The Labute approximate surface area is 87.1 Å². The molecule has 0 bridgehead atoms. The summed E-state index contributed by atoms with van der Waals surface area (Å²) in [4.78, 5) is 21.5. The van der Waals surface area contributed by atoms with Crippen LogP contribution >= 0.6 is 11.6 Å². The predicted octanol–water partition coefficient (Wildman–Crippen LogP) is 1.95. The summed E-state index contributed by atoms with van der Waals surface area (Å²) in [7, 11) is 0. The number of carbonyl (C=O) groups excluding carboxylic acids is 2. The molecular weight excluding hydrogens is 202 g/mol. The number of para-hydroxylation sites is 1. The summed E-state index contributed by atoms with van der Waals surface area (Å²) in [6.45, 7) is 1.97. The maximum atomic E-state index is 11.0. The van der Waals surface area contributed by atoms with Crippen LogP contribution < -0.4 is 5.32 Å². The molecule has 0 heterocycles. The number of nitrogens with one attached hydrogen (secondary N) is 1. The lowest BCUT2D eigenvalue weighted by atomic mass is 10.1. The molecule has 0 saturated carbocycles. The number of benzene rings is 1. The highest BCUT2D eigenvalue weighted by Gasteiger charge is 2.11.